The zero-order valence-electron chi connectivity index (χ0n) is 17.2. The smallest absolute Gasteiger partial charge is 0.418 e. The number of aromatic nitrogens is 1. The molecule has 33 heavy (non-hydrogen) atoms. The number of pyridine rings is 1. The lowest BCUT2D eigenvalue weighted by atomic mass is 9.96. The van der Waals surface area contributed by atoms with Crippen molar-refractivity contribution in [1.82, 2.24) is 4.98 Å². The number of ether oxygens (including phenoxy) is 1. The summed E-state index contributed by atoms with van der Waals surface area (Å²) in [6.45, 7) is 0. The van der Waals surface area contributed by atoms with Crippen molar-refractivity contribution in [2.24, 2.45) is 0 Å². The normalized spacial score (nSPS) is 13.5. The number of imide groups is 1. The van der Waals surface area contributed by atoms with Crippen molar-refractivity contribution in [2.45, 2.75) is 6.18 Å². The fraction of sp³-hybridized carbons (Fsp3) is 0.0800. The van der Waals surface area contributed by atoms with Crippen LogP contribution in [0.3, 0.4) is 0 Å². The molecule has 0 fully saturated rings. The molecule has 8 heteroatoms. The molecule has 1 aliphatic rings. The molecule has 2 amide bonds. The fourth-order valence-corrected chi connectivity index (χ4v) is 4.10. The Hall–Kier alpha value is -4.20. The van der Waals surface area contributed by atoms with Crippen LogP contribution in [0.4, 0.5) is 18.9 Å². The quantitative estimate of drug-likeness (QED) is 0.376. The average Bonchev–Trinajstić information content (AvgIpc) is 3.07. The van der Waals surface area contributed by atoms with E-state index < -0.39 is 23.6 Å². The molecule has 2 heterocycles. The minimum Gasteiger partial charge on any atom is -0.497 e. The van der Waals surface area contributed by atoms with Crippen molar-refractivity contribution in [1.29, 1.82) is 0 Å². The van der Waals surface area contributed by atoms with Crippen LogP contribution < -0.4 is 9.64 Å². The summed E-state index contributed by atoms with van der Waals surface area (Å²) in [5, 5.41) is 0.159. The van der Waals surface area contributed by atoms with Crippen LogP contribution in [0.1, 0.15) is 26.3 Å². The molecule has 0 aliphatic carbocycles. The van der Waals surface area contributed by atoms with Gasteiger partial charge >= 0.3 is 6.18 Å². The van der Waals surface area contributed by atoms with Crippen LogP contribution in [0.2, 0.25) is 0 Å². The van der Waals surface area contributed by atoms with Gasteiger partial charge in [0.1, 0.15) is 5.75 Å². The number of fused-ring (bicyclic) bond motifs is 2. The lowest BCUT2D eigenvalue weighted by Gasteiger charge is -2.21. The predicted octanol–water partition coefficient (Wildman–Crippen LogP) is 5.73. The largest absolute Gasteiger partial charge is 0.497 e. The van der Waals surface area contributed by atoms with Gasteiger partial charge in [0.15, 0.2) is 0 Å². The lowest BCUT2D eigenvalue weighted by Crippen LogP contribution is -2.30. The van der Waals surface area contributed by atoms with Crippen LogP contribution in [0.25, 0.3) is 22.0 Å². The number of amides is 2. The molecule has 0 saturated carbocycles. The van der Waals surface area contributed by atoms with E-state index in [1.54, 1.807) is 36.4 Å². The maximum atomic E-state index is 13.7. The van der Waals surface area contributed by atoms with Crippen molar-refractivity contribution in [3.63, 3.8) is 0 Å². The van der Waals surface area contributed by atoms with E-state index in [-0.39, 0.29) is 33.3 Å². The third-order valence-electron chi connectivity index (χ3n) is 5.58. The maximum Gasteiger partial charge on any atom is 0.418 e. The number of benzene rings is 3. The Morgan fingerprint density at radius 1 is 0.879 bits per heavy atom. The monoisotopic (exact) mass is 448 g/mol. The number of nitrogens with zero attached hydrogens (tertiary/aromatic N) is 2. The van der Waals surface area contributed by atoms with Crippen LogP contribution in [0.15, 0.2) is 72.9 Å². The van der Waals surface area contributed by atoms with Gasteiger partial charge in [-0.1, -0.05) is 36.4 Å². The number of rotatable bonds is 3. The number of halogens is 3. The molecule has 1 aromatic heterocycles. The Balaban J connectivity index is 1.84. The summed E-state index contributed by atoms with van der Waals surface area (Å²) in [4.78, 5) is 31.3. The predicted molar refractivity (Wildman–Crippen MR) is 116 cm³/mol. The Kier molecular flexibility index (Phi) is 4.67. The summed E-state index contributed by atoms with van der Waals surface area (Å²) in [5.41, 5.74) is 0.126. The second-order valence-electron chi connectivity index (χ2n) is 7.44. The minimum atomic E-state index is -4.63. The zero-order valence-corrected chi connectivity index (χ0v) is 17.2. The molecule has 3 aromatic carbocycles. The SMILES string of the molecule is COc1cccc(-c2c(N3C(=O)c4ccccc4C3=O)cnc3c(C(F)(F)F)cccc23)c1. The molecular weight excluding hydrogens is 433 g/mol. The first-order valence-electron chi connectivity index (χ1n) is 9.92. The van der Waals surface area contributed by atoms with Crippen LogP contribution >= 0.6 is 0 Å². The molecule has 0 saturated heterocycles. The van der Waals surface area contributed by atoms with Gasteiger partial charge in [-0.3, -0.25) is 14.6 Å². The summed E-state index contributed by atoms with van der Waals surface area (Å²) in [6, 6.07) is 16.8. The van der Waals surface area contributed by atoms with Crippen LogP contribution in [0.5, 0.6) is 5.75 Å². The molecule has 0 spiro atoms. The van der Waals surface area contributed by atoms with E-state index in [1.165, 1.54) is 31.4 Å². The molecule has 5 rings (SSSR count). The fourth-order valence-electron chi connectivity index (χ4n) is 4.10. The lowest BCUT2D eigenvalue weighted by molar-refractivity contribution is -0.136. The Bertz CT molecular complexity index is 1410. The molecule has 0 bridgehead atoms. The van der Waals surface area contributed by atoms with Crippen LogP contribution in [0, 0.1) is 0 Å². The van der Waals surface area contributed by atoms with E-state index in [1.807, 2.05) is 0 Å². The number of para-hydroxylation sites is 1. The van der Waals surface area contributed by atoms with E-state index in [4.69, 9.17) is 4.74 Å². The van der Waals surface area contributed by atoms with Gasteiger partial charge in [-0.2, -0.15) is 13.2 Å². The third-order valence-corrected chi connectivity index (χ3v) is 5.58. The minimum absolute atomic E-state index is 0.0984. The summed E-state index contributed by atoms with van der Waals surface area (Å²) in [5.74, 6) is -0.654. The van der Waals surface area contributed by atoms with Gasteiger partial charge in [-0.25, -0.2) is 4.90 Å². The van der Waals surface area contributed by atoms with Crippen molar-refractivity contribution in [3.05, 3.63) is 89.6 Å². The number of carbonyl (C=O) groups is 2. The van der Waals surface area contributed by atoms with Crippen molar-refractivity contribution in [2.75, 3.05) is 12.0 Å². The highest BCUT2D eigenvalue weighted by atomic mass is 19.4. The zero-order chi connectivity index (χ0) is 23.3. The van der Waals surface area contributed by atoms with Gasteiger partial charge in [0.2, 0.25) is 0 Å². The Labute approximate surface area is 186 Å². The van der Waals surface area contributed by atoms with Gasteiger partial charge in [-0.15, -0.1) is 0 Å². The first-order valence-corrected chi connectivity index (χ1v) is 9.92. The average molecular weight is 448 g/mol. The molecule has 0 atom stereocenters. The summed E-state index contributed by atoms with van der Waals surface area (Å²) in [6.07, 6.45) is -3.48. The van der Waals surface area contributed by atoms with Gasteiger partial charge < -0.3 is 4.74 Å². The molecule has 0 unspecified atom stereocenters. The summed E-state index contributed by atoms with van der Waals surface area (Å²) < 4.78 is 46.4. The number of anilines is 1. The van der Waals surface area contributed by atoms with E-state index in [0.717, 1.165) is 17.2 Å². The molecule has 164 valence electrons. The second-order valence-corrected chi connectivity index (χ2v) is 7.44. The Morgan fingerprint density at radius 2 is 1.55 bits per heavy atom. The van der Waals surface area contributed by atoms with E-state index in [9.17, 15) is 22.8 Å². The van der Waals surface area contributed by atoms with Crippen LogP contribution in [-0.4, -0.2) is 23.9 Å². The number of alkyl halides is 3. The number of hydrogen-bond donors (Lipinski definition) is 0. The molecule has 1 aliphatic heterocycles. The molecule has 0 N–H and O–H groups in total. The highest BCUT2D eigenvalue weighted by molar-refractivity contribution is 6.35. The van der Waals surface area contributed by atoms with Gasteiger partial charge in [0.05, 0.1) is 41.2 Å². The molecular formula is C25H15F3N2O3. The summed E-state index contributed by atoms with van der Waals surface area (Å²) in [7, 11) is 1.47. The van der Waals surface area contributed by atoms with E-state index in [2.05, 4.69) is 4.98 Å². The molecule has 0 radical (unpaired) electrons. The van der Waals surface area contributed by atoms with Crippen molar-refractivity contribution in [3.8, 4) is 16.9 Å². The van der Waals surface area contributed by atoms with Crippen molar-refractivity contribution >= 4 is 28.4 Å². The van der Waals surface area contributed by atoms with Crippen molar-refractivity contribution < 1.29 is 27.5 Å². The van der Waals surface area contributed by atoms with Gasteiger partial charge in [-0.05, 0) is 35.9 Å². The summed E-state index contributed by atoms with van der Waals surface area (Å²) >= 11 is 0. The first kappa shape index (κ1) is 20.7. The molecule has 5 nitrogen and oxygen atoms in total. The highest BCUT2D eigenvalue weighted by Crippen LogP contribution is 2.43. The number of methoxy groups -OCH3 is 1. The Morgan fingerprint density at radius 3 is 2.18 bits per heavy atom. The van der Waals surface area contributed by atoms with Crippen LogP contribution in [-0.2, 0) is 6.18 Å². The number of hydrogen-bond acceptors (Lipinski definition) is 4. The van der Waals surface area contributed by atoms with Gasteiger partial charge in [0.25, 0.3) is 11.8 Å². The number of carbonyl (C=O) groups excluding carboxylic acids is 2. The second kappa shape index (κ2) is 7.44. The van der Waals surface area contributed by atoms with E-state index in [0.29, 0.717) is 11.3 Å². The standard InChI is InChI=1S/C25H15F3N2O3/c1-33-15-7-4-6-14(12-15)21-18-10-5-11-19(25(26,27)28)22(18)29-13-20(21)30-23(31)16-8-2-3-9-17(16)24(30)32/h2-13H,1H3. The topological polar surface area (TPSA) is 59.5 Å². The first-order chi connectivity index (χ1) is 15.8. The maximum absolute atomic E-state index is 13.7. The van der Waals surface area contributed by atoms with Gasteiger partial charge in [0, 0.05) is 10.9 Å². The van der Waals surface area contributed by atoms with E-state index >= 15 is 0 Å². The highest BCUT2D eigenvalue weighted by Gasteiger charge is 2.39. The third kappa shape index (κ3) is 3.22. The molecule has 4 aromatic rings.